The fourth-order valence-electron chi connectivity index (χ4n) is 2.12. The zero-order valence-corrected chi connectivity index (χ0v) is 9.76. The Labute approximate surface area is 104 Å². The van der Waals surface area contributed by atoms with Crippen LogP contribution in [0.4, 0.5) is 0 Å². The third-order valence-electron chi connectivity index (χ3n) is 3.00. The molecule has 1 aromatic heterocycles. The number of nitrogens with one attached hydrogen (secondary N) is 1. The molecule has 0 spiro atoms. The summed E-state index contributed by atoms with van der Waals surface area (Å²) >= 11 is 0. The largest absolute Gasteiger partial charge is 0.342 e. The smallest absolute Gasteiger partial charge is 0.137 e. The highest BCUT2D eigenvalue weighted by Gasteiger charge is 2.08. The van der Waals surface area contributed by atoms with Gasteiger partial charge in [0.05, 0.1) is 17.1 Å². The number of fused-ring (bicyclic) bond motifs is 2. The lowest BCUT2D eigenvalue weighted by molar-refractivity contribution is -0.108. The first kappa shape index (κ1) is 10.9. The standard InChI is InChI=1S/C14H13N3O/c15-11(8-18)7-14-16-12-5-9-3-1-2-4-10(9)6-13(12)17-14/h1-6,8,11H,7,15H2,(H,16,17)/t11-/m0/s1. The van der Waals surface area contributed by atoms with Gasteiger partial charge in [-0.3, -0.25) is 0 Å². The molecular formula is C14H13N3O. The molecule has 0 aliphatic carbocycles. The van der Waals surface area contributed by atoms with Crippen LogP contribution in [0.3, 0.4) is 0 Å². The van der Waals surface area contributed by atoms with Crippen LogP contribution in [0.15, 0.2) is 36.4 Å². The zero-order chi connectivity index (χ0) is 12.5. The molecule has 4 heteroatoms. The first-order valence-corrected chi connectivity index (χ1v) is 5.84. The monoisotopic (exact) mass is 239 g/mol. The summed E-state index contributed by atoms with van der Waals surface area (Å²) in [5, 5.41) is 2.32. The molecule has 0 saturated carbocycles. The minimum Gasteiger partial charge on any atom is -0.342 e. The normalized spacial score (nSPS) is 12.9. The van der Waals surface area contributed by atoms with E-state index in [2.05, 4.69) is 28.2 Å². The number of aldehydes is 1. The van der Waals surface area contributed by atoms with Crippen molar-refractivity contribution >= 4 is 28.1 Å². The average Bonchev–Trinajstić information content (AvgIpc) is 2.76. The van der Waals surface area contributed by atoms with Gasteiger partial charge in [-0.1, -0.05) is 24.3 Å². The van der Waals surface area contributed by atoms with Crippen LogP contribution in [0.5, 0.6) is 0 Å². The van der Waals surface area contributed by atoms with Gasteiger partial charge in [-0.05, 0) is 22.9 Å². The first-order valence-electron chi connectivity index (χ1n) is 5.84. The first-order chi connectivity index (χ1) is 8.76. The lowest BCUT2D eigenvalue weighted by Crippen LogP contribution is -2.24. The number of nitrogens with two attached hydrogens (primary N) is 1. The van der Waals surface area contributed by atoms with Crippen LogP contribution in [-0.4, -0.2) is 22.3 Å². The van der Waals surface area contributed by atoms with Crippen molar-refractivity contribution in [1.82, 2.24) is 9.97 Å². The third-order valence-corrected chi connectivity index (χ3v) is 3.00. The maximum atomic E-state index is 10.5. The molecule has 0 bridgehead atoms. The van der Waals surface area contributed by atoms with Crippen molar-refractivity contribution in [1.29, 1.82) is 0 Å². The number of rotatable bonds is 3. The summed E-state index contributed by atoms with van der Waals surface area (Å²) in [4.78, 5) is 18.2. The van der Waals surface area contributed by atoms with Gasteiger partial charge in [-0.25, -0.2) is 4.98 Å². The fraction of sp³-hybridized carbons (Fsp3) is 0.143. The van der Waals surface area contributed by atoms with Gasteiger partial charge in [0, 0.05) is 6.42 Å². The molecule has 2 aromatic carbocycles. The predicted octanol–water partition coefficient (Wildman–Crippen LogP) is 1.78. The molecule has 18 heavy (non-hydrogen) atoms. The van der Waals surface area contributed by atoms with Gasteiger partial charge in [0.1, 0.15) is 12.1 Å². The molecule has 3 rings (SSSR count). The SMILES string of the molecule is N[C@H](C=O)Cc1nc2cc3ccccc3cc2[nH]1. The molecule has 0 unspecified atom stereocenters. The maximum Gasteiger partial charge on any atom is 0.137 e. The number of benzene rings is 2. The highest BCUT2D eigenvalue weighted by Crippen LogP contribution is 2.21. The van der Waals surface area contributed by atoms with E-state index < -0.39 is 6.04 Å². The number of hydrogen-bond donors (Lipinski definition) is 2. The lowest BCUT2D eigenvalue weighted by Gasteiger charge is -1.98. The molecule has 0 aliphatic rings. The van der Waals surface area contributed by atoms with Crippen molar-refractivity contribution in [3.8, 4) is 0 Å². The van der Waals surface area contributed by atoms with Crippen molar-refractivity contribution in [3.05, 3.63) is 42.2 Å². The van der Waals surface area contributed by atoms with E-state index in [0.717, 1.165) is 28.5 Å². The molecular weight excluding hydrogens is 226 g/mol. The van der Waals surface area contributed by atoms with E-state index >= 15 is 0 Å². The van der Waals surface area contributed by atoms with E-state index in [4.69, 9.17) is 5.73 Å². The van der Waals surface area contributed by atoms with Crippen LogP contribution in [0.25, 0.3) is 21.8 Å². The Morgan fingerprint density at radius 3 is 2.72 bits per heavy atom. The molecule has 90 valence electrons. The van der Waals surface area contributed by atoms with Crippen LogP contribution >= 0.6 is 0 Å². The van der Waals surface area contributed by atoms with Crippen molar-refractivity contribution in [3.63, 3.8) is 0 Å². The second kappa shape index (κ2) is 4.23. The van der Waals surface area contributed by atoms with Gasteiger partial charge in [0.25, 0.3) is 0 Å². The van der Waals surface area contributed by atoms with E-state index in [1.54, 1.807) is 0 Å². The fourth-order valence-corrected chi connectivity index (χ4v) is 2.12. The Morgan fingerprint density at radius 2 is 2.00 bits per heavy atom. The van der Waals surface area contributed by atoms with Gasteiger partial charge < -0.3 is 15.5 Å². The van der Waals surface area contributed by atoms with Crippen molar-refractivity contribution in [2.24, 2.45) is 5.73 Å². The molecule has 0 amide bonds. The van der Waals surface area contributed by atoms with Gasteiger partial charge in [0.2, 0.25) is 0 Å². The van der Waals surface area contributed by atoms with Crippen LogP contribution < -0.4 is 5.73 Å². The number of hydrogen-bond acceptors (Lipinski definition) is 3. The molecule has 1 heterocycles. The summed E-state index contributed by atoms with van der Waals surface area (Å²) in [6.07, 6.45) is 1.18. The predicted molar refractivity (Wildman–Crippen MR) is 71.3 cm³/mol. The van der Waals surface area contributed by atoms with Gasteiger partial charge in [-0.2, -0.15) is 0 Å². The minimum atomic E-state index is -0.500. The van der Waals surface area contributed by atoms with Crippen molar-refractivity contribution in [2.75, 3.05) is 0 Å². The van der Waals surface area contributed by atoms with Crippen LogP contribution in [0, 0.1) is 0 Å². The number of aromatic amines is 1. The molecule has 4 nitrogen and oxygen atoms in total. The molecule has 0 radical (unpaired) electrons. The third kappa shape index (κ3) is 1.87. The average molecular weight is 239 g/mol. The Balaban J connectivity index is 2.10. The number of aromatic nitrogens is 2. The summed E-state index contributed by atoms with van der Waals surface area (Å²) in [5.41, 5.74) is 7.48. The van der Waals surface area contributed by atoms with Crippen LogP contribution in [0.2, 0.25) is 0 Å². The van der Waals surface area contributed by atoms with Crippen molar-refractivity contribution < 1.29 is 4.79 Å². The number of imidazole rings is 1. The molecule has 3 N–H and O–H groups in total. The Hall–Kier alpha value is -2.20. The Morgan fingerprint density at radius 1 is 1.28 bits per heavy atom. The minimum absolute atomic E-state index is 0.439. The topological polar surface area (TPSA) is 71.8 Å². The summed E-state index contributed by atoms with van der Waals surface area (Å²) in [5.74, 6) is 0.750. The Bertz CT molecular complexity index is 665. The van der Waals surface area contributed by atoms with E-state index in [-0.39, 0.29) is 0 Å². The molecule has 1 atom stereocenters. The van der Waals surface area contributed by atoms with Gasteiger partial charge >= 0.3 is 0 Å². The van der Waals surface area contributed by atoms with Crippen LogP contribution in [-0.2, 0) is 11.2 Å². The molecule has 3 aromatic rings. The van der Waals surface area contributed by atoms with Crippen LogP contribution in [0.1, 0.15) is 5.82 Å². The summed E-state index contributed by atoms with van der Waals surface area (Å²) in [7, 11) is 0. The van der Waals surface area contributed by atoms with Gasteiger partial charge in [-0.15, -0.1) is 0 Å². The quantitative estimate of drug-likeness (QED) is 0.684. The van der Waals surface area contributed by atoms with Crippen molar-refractivity contribution in [2.45, 2.75) is 12.5 Å². The summed E-state index contributed by atoms with van der Waals surface area (Å²) in [6, 6.07) is 11.7. The highest BCUT2D eigenvalue weighted by atomic mass is 16.1. The highest BCUT2D eigenvalue weighted by molar-refractivity contribution is 5.95. The van der Waals surface area contributed by atoms with E-state index in [1.807, 2.05) is 18.2 Å². The zero-order valence-electron chi connectivity index (χ0n) is 9.76. The maximum absolute atomic E-state index is 10.5. The Kier molecular flexibility index (Phi) is 2.57. The molecule has 0 fully saturated rings. The second-order valence-corrected chi connectivity index (χ2v) is 4.40. The van der Waals surface area contributed by atoms with E-state index in [0.29, 0.717) is 6.42 Å². The number of nitrogens with zero attached hydrogens (tertiary/aromatic N) is 1. The number of carbonyl (C=O) groups excluding carboxylic acids is 1. The molecule has 0 aliphatic heterocycles. The summed E-state index contributed by atoms with van der Waals surface area (Å²) in [6.45, 7) is 0. The lowest BCUT2D eigenvalue weighted by atomic mass is 10.1. The van der Waals surface area contributed by atoms with E-state index in [1.165, 1.54) is 5.39 Å². The number of H-pyrrole nitrogens is 1. The van der Waals surface area contributed by atoms with E-state index in [9.17, 15) is 4.79 Å². The second-order valence-electron chi connectivity index (χ2n) is 4.40. The van der Waals surface area contributed by atoms with Gasteiger partial charge in [0.15, 0.2) is 0 Å². The molecule has 0 saturated heterocycles. The summed E-state index contributed by atoms with van der Waals surface area (Å²) < 4.78 is 0. The number of carbonyl (C=O) groups is 1.